The Bertz CT molecular complexity index is 2800. The fourth-order valence-corrected chi connectivity index (χ4v) is 17.3. The van der Waals surface area contributed by atoms with Crippen LogP contribution in [-0.4, -0.2) is 31.1 Å². The number of halogens is 1. The van der Waals surface area contributed by atoms with E-state index in [9.17, 15) is 4.39 Å². The van der Waals surface area contributed by atoms with Gasteiger partial charge in [-0.25, -0.2) is 0 Å². The van der Waals surface area contributed by atoms with Crippen LogP contribution in [0.2, 0.25) is 38.3 Å². The van der Waals surface area contributed by atoms with E-state index in [1.54, 1.807) is 12.1 Å². The van der Waals surface area contributed by atoms with Crippen LogP contribution in [0, 0.1) is 24.8 Å². The fraction of sp³-hybridized carbons (Fsp3) is 0.239. The number of pyridine rings is 1. The summed E-state index contributed by atoms with van der Waals surface area (Å²) in [6.45, 7) is 13.7. The van der Waals surface area contributed by atoms with Gasteiger partial charge in [0.25, 0.3) is 0 Å². The monoisotopic (exact) mass is 925 g/mol. The van der Waals surface area contributed by atoms with Crippen molar-refractivity contribution in [3.63, 3.8) is 0 Å². The third kappa shape index (κ3) is 6.90. The van der Waals surface area contributed by atoms with Gasteiger partial charge in [0.2, 0.25) is 0 Å². The first kappa shape index (κ1) is 34.2. The predicted molar refractivity (Wildman–Crippen MR) is 224 cm³/mol. The third-order valence-corrected chi connectivity index (χ3v) is 18.1. The van der Waals surface area contributed by atoms with Crippen LogP contribution in [0.25, 0.3) is 66.1 Å². The van der Waals surface area contributed by atoms with E-state index >= 15 is 0 Å². The molecule has 0 atom stereocenters. The maximum absolute atomic E-state index is 12.8. The standard InChI is InChI=1S/C31H29N2OSi2.C15H15FN.Ir/c1-19-10-13-23(30-32-18-27-31(33-30)36(4,5)15-14-35(27,2)3)29-28(19)25-16-21-12-11-20-8-6-7-9-22(20)24(21)17-26(25)34-29;1-15(2,3)12-6-9-14(17-10-12)11-4-7-13(16)8-5-11;/h6-12,16-18H,14-15H2,1-5H3;4,6-10H,1-3H3;/q2*-1;/i1D3;;. The molecule has 1 radical (unpaired) electrons. The van der Waals surface area contributed by atoms with E-state index in [-0.39, 0.29) is 36.9 Å². The molecule has 0 spiro atoms. The Kier molecular flexibility index (Phi) is 8.90. The zero-order chi connectivity index (χ0) is 39.8. The van der Waals surface area contributed by atoms with Gasteiger partial charge in [-0.1, -0.05) is 125 Å². The van der Waals surface area contributed by atoms with Crippen molar-refractivity contribution in [1.82, 2.24) is 15.0 Å². The van der Waals surface area contributed by atoms with Gasteiger partial charge in [-0.2, -0.15) is 0 Å². The summed E-state index contributed by atoms with van der Waals surface area (Å²) in [5, 5.41) is 8.40. The number of hydrogen-bond acceptors (Lipinski definition) is 4. The normalized spacial score (nSPS) is 15.8. The number of nitrogens with zero attached hydrogens (tertiary/aromatic N) is 3. The second-order valence-corrected chi connectivity index (χ2v) is 26.1. The van der Waals surface area contributed by atoms with Crippen LogP contribution in [0.4, 0.5) is 4.39 Å². The van der Waals surface area contributed by atoms with E-state index in [0.717, 1.165) is 38.2 Å². The maximum atomic E-state index is 12.8. The van der Waals surface area contributed by atoms with Crippen molar-refractivity contribution in [2.24, 2.45) is 0 Å². The van der Waals surface area contributed by atoms with E-state index in [1.165, 1.54) is 40.3 Å². The number of rotatable bonds is 2. The number of hydrogen-bond donors (Lipinski definition) is 0. The number of furan rings is 1. The minimum absolute atomic E-state index is 0. The van der Waals surface area contributed by atoms with Crippen LogP contribution in [0.15, 0.2) is 102 Å². The predicted octanol–water partition coefficient (Wildman–Crippen LogP) is 11.3. The topological polar surface area (TPSA) is 51.8 Å². The zero-order valence-corrected chi connectivity index (χ0v) is 36.0. The molecule has 1 aliphatic heterocycles. The second kappa shape index (κ2) is 14.1. The summed E-state index contributed by atoms with van der Waals surface area (Å²) < 4.78 is 44.2. The van der Waals surface area contributed by atoms with Crippen molar-refractivity contribution in [3.05, 3.63) is 126 Å². The molecule has 0 aliphatic carbocycles. The number of aryl methyl sites for hydroxylation is 1. The van der Waals surface area contributed by atoms with Gasteiger partial charge in [-0.05, 0) is 55.5 Å². The largest absolute Gasteiger partial charge is 0.501 e. The molecule has 4 heterocycles. The smallest absolute Gasteiger partial charge is 0.121 e. The van der Waals surface area contributed by atoms with Crippen molar-refractivity contribution in [2.45, 2.75) is 71.3 Å². The minimum atomic E-state index is -2.32. The molecular formula is C46H44FIrN3OSi2-2. The summed E-state index contributed by atoms with van der Waals surface area (Å²) in [6, 6.07) is 35.2. The zero-order valence-electron chi connectivity index (χ0n) is 34.6. The molecule has 0 saturated carbocycles. The van der Waals surface area contributed by atoms with Crippen LogP contribution < -0.4 is 10.5 Å². The van der Waals surface area contributed by atoms with Crippen molar-refractivity contribution >= 4 is 70.1 Å². The summed E-state index contributed by atoms with van der Waals surface area (Å²) in [6.07, 6.45) is 3.91. The quantitative estimate of drug-likeness (QED) is 0.0985. The third-order valence-electron chi connectivity index (χ3n) is 10.8. The maximum Gasteiger partial charge on any atom is 0.121 e. The molecule has 3 aromatic heterocycles. The van der Waals surface area contributed by atoms with Gasteiger partial charge in [0.1, 0.15) is 13.7 Å². The Labute approximate surface area is 336 Å². The first-order chi connectivity index (χ1) is 26.4. The molecule has 54 heavy (non-hydrogen) atoms. The van der Waals surface area contributed by atoms with E-state index in [0.29, 0.717) is 27.9 Å². The van der Waals surface area contributed by atoms with E-state index in [1.807, 2.05) is 36.7 Å². The molecule has 0 bridgehead atoms. The van der Waals surface area contributed by atoms with Gasteiger partial charge in [0.15, 0.2) is 0 Å². The molecule has 1 aliphatic rings. The molecule has 0 saturated heterocycles. The molecule has 9 rings (SSSR count). The average molecular weight is 925 g/mol. The second-order valence-electron chi connectivity index (χ2n) is 16.6. The van der Waals surface area contributed by atoms with Crippen LogP contribution in [-0.2, 0) is 25.5 Å². The van der Waals surface area contributed by atoms with Crippen molar-refractivity contribution in [3.8, 4) is 22.6 Å². The number of fused-ring (bicyclic) bond motifs is 7. The first-order valence-corrected chi connectivity index (χ1v) is 24.6. The van der Waals surface area contributed by atoms with Gasteiger partial charge in [-0.15, -0.1) is 47.5 Å². The Hall–Kier alpha value is -4.34. The summed E-state index contributed by atoms with van der Waals surface area (Å²) in [5.41, 5.74) is 4.92. The molecule has 5 aromatic carbocycles. The molecule has 0 N–H and O–H groups in total. The molecule has 4 nitrogen and oxygen atoms in total. The first-order valence-electron chi connectivity index (χ1n) is 19.7. The SMILES string of the molecule is CC(C)(C)c1ccc(-c2[c-]cc(F)cc2)nc1.[2H]C([2H])([2H])c1c[c-]c(-c2ncc3c(n2)[Si](C)(C)CC[Si]3(C)C)c2oc3cc4c(ccc5ccccc54)cc3c12.[Ir]. The summed E-state index contributed by atoms with van der Waals surface area (Å²) in [5.74, 6) is 0.289. The van der Waals surface area contributed by atoms with Crippen LogP contribution in [0.1, 0.15) is 36.0 Å². The van der Waals surface area contributed by atoms with E-state index < -0.39 is 23.0 Å². The molecular weight excluding hydrogens is 878 g/mol. The van der Waals surface area contributed by atoms with Gasteiger partial charge in [-0.3, -0.25) is 14.4 Å². The molecule has 275 valence electrons. The molecule has 0 fully saturated rings. The van der Waals surface area contributed by atoms with Crippen LogP contribution in [0.3, 0.4) is 0 Å². The van der Waals surface area contributed by atoms with E-state index in [2.05, 4.69) is 100 Å². The van der Waals surface area contributed by atoms with Gasteiger partial charge in [0.05, 0.1) is 19.5 Å². The summed E-state index contributed by atoms with van der Waals surface area (Å²) >= 11 is 0. The fourth-order valence-electron chi connectivity index (χ4n) is 7.44. The summed E-state index contributed by atoms with van der Waals surface area (Å²) in [7, 11) is -3.30. The van der Waals surface area contributed by atoms with Crippen molar-refractivity contribution < 1.29 is 33.0 Å². The van der Waals surface area contributed by atoms with Gasteiger partial charge >= 0.3 is 0 Å². The molecule has 8 aromatic rings. The molecule has 8 heteroatoms. The van der Waals surface area contributed by atoms with E-state index in [4.69, 9.17) is 18.5 Å². The minimum Gasteiger partial charge on any atom is -0.501 e. The number of benzene rings is 5. The Balaban J connectivity index is 0.000000232. The average Bonchev–Trinajstić information content (AvgIpc) is 3.53. The Morgan fingerprint density at radius 3 is 2.30 bits per heavy atom. The van der Waals surface area contributed by atoms with Crippen LogP contribution >= 0.6 is 0 Å². The Morgan fingerprint density at radius 1 is 0.796 bits per heavy atom. The van der Waals surface area contributed by atoms with Crippen molar-refractivity contribution in [1.29, 1.82) is 0 Å². The molecule has 0 amide bonds. The number of aromatic nitrogens is 3. The van der Waals surface area contributed by atoms with Gasteiger partial charge in [0, 0.05) is 53.1 Å². The molecule has 0 unspecified atom stereocenters. The summed E-state index contributed by atoms with van der Waals surface area (Å²) in [4.78, 5) is 14.4. The van der Waals surface area contributed by atoms with Crippen molar-refractivity contribution in [2.75, 3.05) is 0 Å². The van der Waals surface area contributed by atoms with Crippen LogP contribution in [0.5, 0.6) is 0 Å². The van der Waals surface area contributed by atoms with Gasteiger partial charge < -0.3 is 9.40 Å². The Morgan fingerprint density at radius 2 is 1.57 bits per heavy atom.